The molecule has 0 radical (unpaired) electrons. The van der Waals surface area contributed by atoms with E-state index in [2.05, 4.69) is 62.3 Å². The molecule has 0 atom stereocenters. The number of rotatable bonds is 2. The van der Waals surface area contributed by atoms with E-state index in [1.807, 2.05) is 0 Å². The minimum Gasteiger partial charge on any atom is -0.377 e. The van der Waals surface area contributed by atoms with Gasteiger partial charge in [0, 0.05) is 19.8 Å². The Labute approximate surface area is 91.3 Å². The second kappa shape index (κ2) is 3.93. The molecule has 0 saturated carbocycles. The topological polar surface area (TPSA) is 3.24 Å². The number of hydrogen-bond donors (Lipinski definition) is 0. The standard InChI is InChI=1S/C14H17N/c1-4-12-13-8-6-5-7-11(13)9-10-14(12)15(2)3/h5-10H,4H2,1-3H3. The maximum atomic E-state index is 2.22. The van der Waals surface area contributed by atoms with E-state index in [1.54, 1.807) is 0 Å². The first-order valence-electron chi connectivity index (χ1n) is 5.42. The molecule has 0 aliphatic heterocycles. The van der Waals surface area contributed by atoms with E-state index in [9.17, 15) is 0 Å². The van der Waals surface area contributed by atoms with Gasteiger partial charge in [0.1, 0.15) is 0 Å². The van der Waals surface area contributed by atoms with Crippen LogP contribution in [0.15, 0.2) is 36.4 Å². The maximum Gasteiger partial charge on any atom is 0.0399 e. The molecule has 78 valence electrons. The van der Waals surface area contributed by atoms with Crippen LogP contribution in [0.2, 0.25) is 0 Å². The van der Waals surface area contributed by atoms with Gasteiger partial charge in [-0.05, 0) is 28.8 Å². The van der Waals surface area contributed by atoms with Crippen LogP contribution in [0.1, 0.15) is 12.5 Å². The van der Waals surface area contributed by atoms with Crippen molar-refractivity contribution in [3.8, 4) is 0 Å². The third-order valence-electron chi connectivity index (χ3n) is 2.85. The SMILES string of the molecule is CCc1c(N(C)C)ccc2ccccc12. The molecule has 0 amide bonds. The lowest BCUT2D eigenvalue weighted by Crippen LogP contribution is -2.11. The molecule has 0 aromatic heterocycles. The van der Waals surface area contributed by atoms with Crippen LogP contribution in [0.3, 0.4) is 0 Å². The van der Waals surface area contributed by atoms with E-state index in [-0.39, 0.29) is 0 Å². The fourth-order valence-corrected chi connectivity index (χ4v) is 2.12. The van der Waals surface area contributed by atoms with Gasteiger partial charge >= 0.3 is 0 Å². The van der Waals surface area contributed by atoms with Crippen molar-refractivity contribution in [3.63, 3.8) is 0 Å². The van der Waals surface area contributed by atoms with E-state index >= 15 is 0 Å². The number of aryl methyl sites for hydroxylation is 1. The molecule has 1 heteroatoms. The van der Waals surface area contributed by atoms with E-state index in [0.717, 1.165) is 6.42 Å². The number of hydrogen-bond acceptors (Lipinski definition) is 1. The van der Waals surface area contributed by atoms with Crippen molar-refractivity contribution in [2.45, 2.75) is 13.3 Å². The molecule has 2 aromatic rings. The van der Waals surface area contributed by atoms with Crippen LogP contribution < -0.4 is 4.90 Å². The Morgan fingerprint density at radius 2 is 1.73 bits per heavy atom. The van der Waals surface area contributed by atoms with Gasteiger partial charge in [-0.2, -0.15) is 0 Å². The summed E-state index contributed by atoms with van der Waals surface area (Å²) in [6.07, 6.45) is 1.08. The van der Waals surface area contributed by atoms with Gasteiger partial charge in [-0.3, -0.25) is 0 Å². The largest absolute Gasteiger partial charge is 0.377 e. The highest BCUT2D eigenvalue weighted by Crippen LogP contribution is 2.28. The molecule has 0 N–H and O–H groups in total. The highest BCUT2D eigenvalue weighted by atomic mass is 15.1. The molecule has 0 unspecified atom stereocenters. The molecule has 0 aliphatic rings. The first-order valence-corrected chi connectivity index (χ1v) is 5.42. The molecule has 0 heterocycles. The molecule has 2 aromatic carbocycles. The van der Waals surface area contributed by atoms with Crippen LogP contribution in [-0.4, -0.2) is 14.1 Å². The Hall–Kier alpha value is -1.50. The van der Waals surface area contributed by atoms with Gasteiger partial charge in [0.05, 0.1) is 0 Å². The lowest BCUT2D eigenvalue weighted by molar-refractivity contribution is 1.07. The fraction of sp³-hybridized carbons (Fsp3) is 0.286. The highest BCUT2D eigenvalue weighted by molar-refractivity contribution is 5.90. The maximum absolute atomic E-state index is 2.22. The number of anilines is 1. The van der Waals surface area contributed by atoms with Crippen LogP contribution in [-0.2, 0) is 6.42 Å². The molecule has 15 heavy (non-hydrogen) atoms. The van der Waals surface area contributed by atoms with Gasteiger partial charge in [0.25, 0.3) is 0 Å². The monoisotopic (exact) mass is 199 g/mol. The zero-order chi connectivity index (χ0) is 10.8. The van der Waals surface area contributed by atoms with E-state index in [0.29, 0.717) is 0 Å². The quantitative estimate of drug-likeness (QED) is 0.716. The summed E-state index contributed by atoms with van der Waals surface area (Å²) in [7, 11) is 4.20. The summed E-state index contributed by atoms with van der Waals surface area (Å²) in [5, 5.41) is 2.71. The van der Waals surface area contributed by atoms with Crippen molar-refractivity contribution in [1.29, 1.82) is 0 Å². The summed E-state index contributed by atoms with van der Waals surface area (Å²) < 4.78 is 0. The summed E-state index contributed by atoms with van der Waals surface area (Å²) in [5.41, 5.74) is 2.77. The molecular weight excluding hydrogens is 182 g/mol. The lowest BCUT2D eigenvalue weighted by atomic mass is 10.0. The Bertz CT molecular complexity index is 472. The van der Waals surface area contributed by atoms with Crippen molar-refractivity contribution < 1.29 is 0 Å². The van der Waals surface area contributed by atoms with Crippen LogP contribution >= 0.6 is 0 Å². The zero-order valence-electron chi connectivity index (χ0n) is 9.62. The van der Waals surface area contributed by atoms with Crippen molar-refractivity contribution in [1.82, 2.24) is 0 Å². The lowest BCUT2D eigenvalue weighted by Gasteiger charge is -2.18. The van der Waals surface area contributed by atoms with Gasteiger partial charge in [-0.25, -0.2) is 0 Å². The average Bonchev–Trinajstić information content (AvgIpc) is 2.27. The van der Waals surface area contributed by atoms with Crippen molar-refractivity contribution in [2.24, 2.45) is 0 Å². The molecule has 0 aliphatic carbocycles. The number of nitrogens with zero attached hydrogens (tertiary/aromatic N) is 1. The molecule has 0 saturated heterocycles. The zero-order valence-corrected chi connectivity index (χ0v) is 9.62. The normalized spacial score (nSPS) is 10.6. The first-order chi connectivity index (χ1) is 7.24. The highest BCUT2D eigenvalue weighted by Gasteiger charge is 2.06. The predicted octanol–water partition coefficient (Wildman–Crippen LogP) is 3.47. The Balaban J connectivity index is 2.75. The second-order valence-corrected chi connectivity index (χ2v) is 4.03. The Kier molecular flexibility index (Phi) is 2.63. The van der Waals surface area contributed by atoms with Crippen LogP contribution in [0.4, 0.5) is 5.69 Å². The van der Waals surface area contributed by atoms with E-state index < -0.39 is 0 Å². The average molecular weight is 199 g/mol. The van der Waals surface area contributed by atoms with Gasteiger partial charge in [0.2, 0.25) is 0 Å². The van der Waals surface area contributed by atoms with Gasteiger partial charge < -0.3 is 4.90 Å². The third-order valence-corrected chi connectivity index (χ3v) is 2.85. The molecule has 0 bridgehead atoms. The van der Waals surface area contributed by atoms with E-state index in [4.69, 9.17) is 0 Å². The molecule has 0 fully saturated rings. The smallest absolute Gasteiger partial charge is 0.0399 e. The van der Waals surface area contributed by atoms with Crippen molar-refractivity contribution in [3.05, 3.63) is 42.0 Å². The summed E-state index contributed by atoms with van der Waals surface area (Å²) in [6, 6.07) is 13.0. The summed E-state index contributed by atoms with van der Waals surface area (Å²) >= 11 is 0. The summed E-state index contributed by atoms with van der Waals surface area (Å²) in [4.78, 5) is 2.19. The van der Waals surface area contributed by atoms with Crippen LogP contribution in [0, 0.1) is 0 Å². The third kappa shape index (κ3) is 1.70. The molecule has 1 nitrogen and oxygen atoms in total. The Morgan fingerprint density at radius 1 is 1.00 bits per heavy atom. The molecular formula is C14H17N. The second-order valence-electron chi connectivity index (χ2n) is 4.03. The van der Waals surface area contributed by atoms with Crippen LogP contribution in [0.25, 0.3) is 10.8 Å². The van der Waals surface area contributed by atoms with Gasteiger partial charge in [-0.15, -0.1) is 0 Å². The fourth-order valence-electron chi connectivity index (χ4n) is 2.12. The predicted molar refractivity (Wildman–Crippen MR) is 67.7 cm³/mol. The number of benzene rings is 2. The minimum absolute atomic E-state index is 1.08. The Morgan fingerprint density at radius 3 is 2.40 bits per heavy atom. The summed E-state index contributed by atoms with van der Waals surface area (Å²) in [5.74, 6) is 0. The van der Waals surface area contributed by atoms with Crippen molar-refractivity contribution in [2.75, 3.05) is 19.0 Å². The molecule has 0 spiro atoms. The van der Waals surface area contributed by atoms with Crippen LogP contribution in [0.5, 0.6) is 0 Å². The number of fused-ring (bicyclic) bond motifs is 1. The summed E-state index contributed by atoms with van der Waals surface area (Å²) in [6.45, 7) is 2.22. The van der Waals surface area contributed by atoms with E-state index in [1.165, 1.54) is 22.0 Å². The first kappa shape index (κ1) is 10.0. The minimum atomic E-state index is 1.08. The molecule has 2 rings (SSSR count). The van der Waals surface area contributed by atoms with Crippen molar-refractivity contribution >= 4 is 16.5 Å². The van der Waals surface area contributed by atoms with Gasteiger partial charge in [-0.1, -0.05) is 37.3 Å². The van der Waals surface area contributed by atoms with Gasteiger partial charge in [0.15, 0.2) is 0 Å².